The number of halogens is 2. The van der Waals surface area contributed by atoms with Gasteiger partial charge in [-0.05, 0) is 29.8 Å². The molecule has 0 unspecified atom stereocenters. The molecule has 3 rings (SSSR count). The van der Waals surface area contributed by atoms with Gasteiger partial charge in [0.1, 0.15) is 11.5 Å². The Bertz CT molecular complexity index is 765. The summed E-state index contributed by atoms with van der Waals surface area (Å²) in [7, 11) is 0. The van der Waals surface area contributed by atoms with Gasteiger partial charge in [-0.25, -0.2) is 4.39 Å². The zero-order chi connectivity index (χ0) is 14.8. The molecule has 5 heteroatoms. The lowest BCUT2D eigenvalue weighted by molar-refractivity contribution is 0.619. The van der Waals surface area contributed by atoms with E-state index in [9.17, 15) is 4.39 Å². The van der Waals surface area contributed by atoms with Crippen LogP contribution in [-0.4, -0.2) is 9.78 Å². The molecule has 1 heterocycles. The van der Waals surface area contributed by atoms with Crippen LogP contribution in [0.25, 0.3) is 11.3 Å². The zero-order valence-corrected chi connectivity index (χ0v) is 11.9. The molecule has 1 aromatic heterocycles. The molecule has 0 saturated heterocycles. The molecule has 0 aliphatic heterocycles. The molecule has 3 nitrogen and oxygen atoms in total. The van der Waals surface area contributed by atoms with Crippen LogP contribution in [0.1, 0.15) is 5.56 Å². The van der Waals surface area contributed by atoms with Crippen LogP contribution in [-0.2, 0) is 6.54 Å². The van der Waals surface area contributed by atoms with Crippen molar-refractivity contribution in [3.63, 3.8) is 0 Å². The Balaban J connectivity index is 1.89. The summed E-state index contributed by atoms with van der Waals surface area (Å²) in [5.41, 5.74) is 9.01. The van der Waals surface area contributed by atoms with Gasteiger partial charge in [-0.15, -0.1) is 0 Å². The smallest absolute Gasteiger partial charge is 0.123 e. The van der Waals surface area contributed by atoms with Crippen LogP contribution in [0.3, 0.4) is 0 Å². The molecule has 0 saturated carbocycles. The monoisotopic (exact) mass is 301 g/mol. The average Bonchev–Trinajstić information content (AvgIpc) is 2.80. The number of anilines is 1. The summed E-state index contributed by atoms with van der Waals surface area (Å²) in [5, 5.41) is 5.12. The summed E-state index contributed by atoms with van der Waals surface area (Å²) in [4.78, 5) is 0. The highest BCUT2D eigenvalue weighted by molar-refractivity contribution is 6.30. The minimum Gasteiger partial charge on any atom is -0.396 e. The van der Waals surface area contributed by atoms with E-state index in [-0.39, 0.29) is 5.82 Å². The van der Waals surface area contributed by atoms with Gasteiger partial charge in [-0.3, -0.25) is 4.68 Å². The van der Waals surface area contributed by atoms with Gasteiger partial charge in [-0.2, -0.15) is 5.10 Å². The second kappa shape index (κ2) is 5.58. The highest BCUT2D eigenvalue weighted by Crippen LogP contribution is 2.25. The van der Waals surface area contributed by atoms with E-state index in [4.69, 9.17) is 17.3 Å². The molecular weight excluding hydrogens is 289 g/mol. The van der Waals surface area contributed by atoms with Crippen molar-refractivity contribution in [3.8, 4) is 11.3 Å². The number of aromatic nitrogens is 2. The molecule has 21 heavy (non-hydrogen) atoms. The van der Waals surface area contributed by atoms with Crippen molar-refractivity contribution < 1.29 is 4.39 Å². The van der Waals surface area contributed by atoms with Crippen molar-refractivity contribution in [2.45, 2.75) is 6.54 Å². The molecule has 0 fully saturated rings. The fraction of sp³-hybridized carbons (Fsp3) is 0.0625. The third-order valence-corrected chi connectivity index (χ3v) is 3.39. The van der Waals surface area contributed by atoms with Crippen molar-refractivity contribution in [1.82, 2.24) is 9.78 Å². The Labute approximate surface area is 126 Å². The van der Waals surface area contributed by atoms with Gasteiger partial charge in [0.2, 0.25) is 0 Å². The van der Waals surface area contributed by atoms with Gasteiger partial charge in [0.05, 0.1) is 12.2 Å². The van der Waals surface area contributed by atoms with Crippen molar-refractivity contribution in [3.05, 3.63) is 71.1 Å². The van der Waals surface area contributed by atoms with Gasteiger partial charge in [0, 0.05) is 16.8 Å². The van der Waals surface area contributed by atoms with E-state index in [1.54, 1.807) is 29.1 Å². The Morgan fingerprint density at radius 1 is 1.14 bits per heavy atom. The Morgan fingerprint density at radius 3 is 2.62 bits per heavy atom. The molecule has 0 spiro atoms. The van der Waals surface area contributed by atoms with Crippen LogP contribution in [0.4, 0.5) is 10.1 Å². The normalized spacial score (nSPS) is 10.8. The van der Waals surface area contributed by atoms with Crippen molar-refractivity contribution in [2.24, 2.45) is 0 Å². The first-order chi connectivity index (χ1) is 10.1. The topological polar surface area (TPSA) is 43.8 Å². The number of rotatable bonds is 3. The highest BCUT2D eigenvalue weighted by atomic mass is 35.5. The molecule has 106 valence electrons. The van der Waals surface area contributed by atoms with E-state index >= 15 is 0 Å². The standard InChI is InChI=1S/C16H13ClFN3/c17-13-6-4-12(5-7-13)16-15(19)10-21(20-16)9-11-2-1-3-14(18)8-11/h1-8,10H,9,19H2. The second-order valence-electron chi connectivity index (χ2n) is 4.77. The number of nitrogen functional groups attached to an aromatic ring is 1. The molecule has 0 amide bonds. The third kappa shape index (κ3) is 3.06. The van der Waals surface area contributed by atoms with E-state index in [1.807, 2.05) is 18.2 Å². The van der Waals surface area contributed by atoms with E-state index in [0.717, 1.165) is 11.1 Å². The lowest BCUT2D eigenvalue weighted by Gasteiger charge is -2.02. The second-order valence-corrected chi connectivity index (χ2v) is 5.20. The van der Waals surface area contributed by atoms with Crippen molar-refractivity contribution in [1.29, 1.82) is 0 Å². The lowest BCUT2D eigenvalue weighted by Crippen LogP contribution is -2.00. The summed E-state index contributed by atoms with van der Waals surface area (Å²) in [5.74, 6) is -0.259. The first-order valence-corrected chi connectivity index (χ1v) is 6.83. The molecular formula is C16H13ClFN3. The summed E-state index contributed by atoms with van der Waals surface area (Å²) < 4.78 is 14.9. The predicted octanol–water partition coefficient (Wildman–Crippen LogP) is 3.97. The number of nitrogens with two attached hydrogens (primary N) is 1. The van der Waals surface area contributed by atoms with Gasteiger partial charge < -0.3 is 5.73 Å². The molecule has 0 atom stereocenters. The third-order valence-electron chi connectivity index (χ3n) is 3.14. The zero-order valence-electron chi connectivity index (χ0n) is 11.1. The molecule has 2 N–H and O–H groups in total. The highest BCUT2D eigenvalue weighted by Gasteiger charge is 2.09. The maximum atomic E-state index is 13.2. The maximum absolute atomic E-state index is 13.2. The Morgan fingerprint density at radius 2 is 1.90 bits per heavy atom. The summed E-state index contributed by atoms with van der Waals surface area (Å²) in [6, 6.07) is 13.8. The van der Waals surface area contributed by atoms with Gasteiger partial charge in [-0.1, -0.05) is 35.9 Å². The number of benzene rings is 2. The largest absolute Gasteiger partial charge is 0.396 e. The molecule has 0 bridgehead atoms. The summed E-state index contributed by atoms with van der Waals surface area (Å²) in [6.07, 6.45) is 1.74. The van der Waals surface area contributed by atoms with Crippen LogP contribution in [0.5, 0.6) is 0 Å². The first-order valence-electron chi connectivity index (χ1n) is 6.45. The van der Waals surface area contributed by atoms with E-state index < -0.39 is 0 Å². The average molecular weight is 302 g/mol. The van der Waals surface area contributed by atoms with Crippen LogP contribution in [0.15, 0.2) is 54.7 Å². The minimum absolute atomic E-state index is 0.259. The van der Waals surface area contributed by atoms with Crippen LogP contribution < -0.4 is 5.73 Å². The van der Waals surface area contributed by atoms with E-state index in [2.05, 4.69) is 5.10 Å². The minimum atomic E-state index is -0.259. The van der Waals surface area contributed by atoms with Crippen LogP contribution >= 0.6 is 11.6 Å². The molecule has 0 aliphatic carbocycles. The van der Waals surface area contributed by atoms with Gasteiger partial charge in [0.25, 0.3) is 0 Å². The quantitative estimate of drug-likeness (QED) is 0.795. The van der Waals surface area contributed by atoms with Crippen LogP contribution in [0.2, 0.25) is 5.02 Å². The lowest BCUT2D eigenvalue weighted by atomic mass is 10.1. The van der Waals surface area contributed by atoms with Crippen molar-refractivity contribution in [2.75, 3.05) is 5.73 Å². The maximum Gasteiger partial charge on any atom is 0.123 e. The van der Waals surface area contributed by atoms with E-state index in [0.29, 0.717) is 22.9 Å². The summed E-state index contributed by atoms with van der Waals surface area (Å²) >= 11 is 5.87. The fourth-order valence-electron chi connectivity index (χ4n) is 2.17. The van der Waals surface area contributed by atoms with E-state index in [1.165, 1.54) is 12.1 Å². The predicted molar refractivity (Wildman–Crippen MR) is 82.6 cm³/mol. The number of nitrogens with zero attached hydrogens (tertiary/aromatic N) is 2. The fourth-order valence-corrected chi connectivity index (χ4v) is 2.30. The SMILES string of the molecule is Nc1cn(Cc2cccc(F)c2)nc1-c1ccc(Cl)cc1. The molecule has 0 radical (unpaired) electrons. The molecule has 3 aromatic rings. The Hall–Kier alpha value is -2.33. The first kappa shape index (κ1) is 13.6. The molecule has 2 aromatic carbocycles. The molecule has 0 aliphatic rings. The number of hydrogen-bond donors (Lipinski definition) is 1. The number of hydrogen-bond acceptors (Lipinski definition) is 2. The summed E-state index contributed by atoms with van der Waals surface area (Å²) in [6.45, 7) is 0.468. The Kier molecular flexibility index (Phi) is 3.62. The van der Waals surface area contributed by atoms with Crippen LogP contribution in [0, 0.1) is 5.82 Å². The van der Waals surface area contributed by atoms with Crippen molar-refractivity contribution >= 4 is 17.3 Å². The van der Waals surface area contributed by atoms with Gasteiger partial charge >= 0.3 is 0 Å². The van der Waals surface area contributed by atoms with Gasteiger partial charge in [0.15, 0.2) is 0 Å².